The van der Waals surface area contributed by atoms with Gasteiger partial charge >= 0.3 is 12.1 Å². The third kappa shape index (κ3) is 5.93. The zero-order valence-corrected chi connectivity index (χ0v) is 9.88. The lowest BCUT2D eigenvalue weighted by molar-refractivity contribution is -0.140. The van der Waals surface area contributed by atoms with Crippen molar-refractivity contribution < 1.29 is 19.4 Å². The van der Waals surface area contributed by atoms with Gasteiger partial charge in [-0.2, -0.15) is 0 Å². The van der Waals surface area contributed by atoms with Crippen molar-refractivity contribution >= 4 is 12.1 Å². The summed E-state index contributed by atoms with van der Waals surface area (Å²) in [6.07, 6.45) is -0.665. The summed E-state index contributed by atoms with van der Waals surface area (Å²) in [6.45, 7) is 8.72. The third-order valence-corrected chi connectivity index (χ3v) is 1.62. The van der Waals surface area contributed by atoms with E-state index in [-0.39, 0.29) is 5.92 Å². The number of carbonyl (C=O) groups is 2. The topological polar surface area (TPSA) is 78.3 Å². The Morgan fingerprint density at radius 1 is 1.27 bits per heavy atom. The van der Waals surface area contributed by atoms with Crippen LogP contribution in [0.5, 0.6) is 0 Å². The first kappa shape index (κ1) is 13.7. The van der Waals surface area contributed by atoms with Gasteiger partial charge in [0.05, 0.1) is 0 Å². The Kier molecular flexibility index (Phi) is 4.58. The lowest BCUT2D eigenvalue weighted by atomic mass is 10.1. The maximum Gasteiger partial charge on any atom is 0.538 e. The highest BCUT2D eigenvalue weighted by molar-refractivity contribution is 5.80. The first-order valence-electron chi connectivity index (χ1n) is 4.88. The molecule has 88 valence electrons. The summed E-state index contributed by atoms with van der Waals surface area (Å²) in [5.74, 6) is -0.932. The first-order chi connectivity index (χ1) is 6.63. The van der Waals surface area contributed by atoms with E-state index >= 15 is 0 Å². The molecule has 1 amide bonds. The van der Waals surface area contributed by atoms with Crippen LogP contribution in [0.2, 0.25) is 0 Å². The molecule has 0 aliphatic heterocycles. The van der Waals surface area contributed by atoms with Gasteiger partial charge in [0.2, 0.25) is 0 Å². The quantitative estimate of drug-likeness (QED) is 0.711. The Balaban J connectivity index is 4.31. The molecule has 0 bridgehead atoms. The average Bonchev–Trinajstić information content (AvgIpc) is 1.95. The number of rotatable bonds is 3. The monoisotopic (exact) mass is 218 g/mol. The summed E-state index contributed by atoms with van der Waals surface area (Å²) >= 11 is 0. The summed E-state index contributed by atoms with van der Waals surface area (Å²) in [5.41, 5.74) is -0.601. The largest absolute Gasteiger partial charge is 0.563 e. The normalized spacial score (nSPS) is 13.5. The van der Waals surface area contributed by atoms with E-state index in [1.807, 2.05) is 0 Å². The highest BCUT2D eigenvalue weighted by Crippen LogP contribution is 2.08. The number of alkyl carbamates (subject to hydrolysis) is 1. The molecule has 0 saturated heterocycles. The second kappa shape index (κ2) is 5.00. The number of ether oxygens (including phenoxy) is 1. The standard InChI is InChI=1S/C10H19NO4/c1-6(2)7(8(12)13)11-9(14)15-10(3,4)5/h6-7H,1-5H3,(H,11,14)(H,12,13)/p+1/t7-/m0/s1. The molecule has 0 saturated carbocycles. The van der Waals surface area contributed by atoms with Crippen LogP contribution in [0, 0.1) is 5.92 Å². The maximum atomic E-state index is 11.3. The Bertz CT molecular complexity index is 242. The fraction of sp³-hybridized carbons (Fsp3) is 0.800. The Morgan fingerprint density at radius 2 is 1.73 bits per heavy atom. The van der Waals surface area contributed by atoms with E-state index in [0.29, 0.717) is 0 Å². The molecule has 1 atom stereocenters. The molecule has 0 aromatic rings. The fourth-order valence-corrected chi connectivity index (χ4v) is 0.969. The molecule has 0 spiro atoms. The molecule has 0 aromatic heterocycles. The highest BCUT2D eigenvalue weighted by atomic mass is 16.6. The zero-order chi connectivity index (χ0) is 12.2. The van der Waals surface area contributed by atoms with Crippen LogP contribution < -0.4 is 5.32 Å². The van der Waals surface area contributed by atoms with E-state index in [0.717, 1.165) is 0 Å². The van der Waals surface area contributed by atoms with Gasteiger partial charge in [0.15, 0.2) is 6.04 Å². The average molecular weight is 218 g/mol. The van der Waals surface area contributed by atoms with E-state index in [1.54, 1.807) is 34.6 Å². The van der Waals surface area contributed by atoms with Crippen LogP contribution in [0.25, 0.3) is 0 Å². The van der Waals surface area contributed by atoms with Gasteiger partial charge in [-0.05, 0) is 26.7 Å². The van der Waals surface area contributed by atoms with Gasteiger partial charge < -0.3 is 15.2 Å². The fourth-order valence-electron chi connectivity index (χ4n) is 0.969. The summed E-state index contributed by atoms with van der Waals surface area (Å²) in [6, 6.07) is -0.806. The molecule has 0 fully saturated rings. The molecule has 0 rings (SSSR count). The van der Waals surface area contributed by atoms with Crippen molar-refractivity contribution in [2.75, 3.05) is 0 Å². The molecular formula is C10H20NO4+. The SMILES string of the molecule is CC(C)[C@H](NC(=O)OC(C)(C)C)C(=O)[OH2+]. The molecule has 5 nitrogen and oxygen atoms in total. The van der Waals surface area contributed by atoms with Gasteiger partial charge in [-0.1, -0.05) is 13.8 Å². The number of amides is 1. The van der Waals surface area contributed by atoms with Crippen LogP contribution in [0.3, 0.4) is 0 Å². The van der Waals surface area contributed by atoms with Crippen LogP contribution in [-0.4, -0.2) is 28.8 Å². The van der Waals surface area contributed by atoms with E-state index < -0.39 is 23.7 Å². The molecule has 0 aliphatic carbocycles. The molecule has 0 heterocycles. The zero-order valence-electron chi connectivity index (χ0n) is 9.88. The molecule has 0 unspecified atom stereocenters. The first-order valence-corrected chi connectivity index (χ1v) is 4.88. The van der Waals surface area contributed by atoms with Crippen LogP contribution >= 0.6 is 0 Å². The summed E-state index contributed by atoms with van der Waals surface area (Å²) in [7, 11) is 0. The van der Waals surface area contributed by atoms with Gasteiger partial charge in [-0.15, -0.1) is 0 Å². The molecule has 15 heavy (non-hydrogen) atoms. The summed E-state index contributed by atoms with van der Waals surface area (Å²) in [4.78, 5) is 22.2. The molecule has 5 heteroatoms. The maximum absolute atomic E-state index is 11.3. The Morgan fingerprint density at radius 3 is 2.00 bits per heavy atom. The predicted octanol–water partition coefficient (Wildman–Crippen LogP) is 0.787. The van der Waals surface area contributed by atoms with E-state index in [2.05, 4.69) is 5.32 Å². The molecular weight excluding hydrogens is 198 g/mol. The Labute approximate surface area is 89.8 Å². The summed E-state index contributed by atoms with van der Waals surface area (Å²) < 4.78 is 4.98. The van der Waals surface area contributed by atoms with Gasteiger partial charge in [0.25, 0.3) is 0 Å². The number of nitrogens with one attached hydrogen (secondary N) is 1. The molecule has 0 radical (unpaired) electrons. The van der Waals surface area contributed by atoms with Gasteiger partial charge in [-0.3, -0.25) is 0 Å². The van der Waals surface area contributed by atoms with Crippen LogP contribution in [0.1, 0.15) is 34.6 Å². The van der Waals surface area contributed by atoms with Crippen molar-refractivity contribution in [2.45, 2.75) is 46.3 Å². The van der Waals surface area contributed by atoms with Gasteiger partial charge in [-0.25, -0.2) is 4.79 Å². The molecule has 3 N–H and O–H groups in total. The number of carbonyl (C=O) groups excluding carboxylic acids is 2. The number of hydrogen-bond acceptors (Lipinski definition) is 3. The highest BCUT2D eigenvalue weighted by Gasteiger charge is 2.31. The van der Waals surface area contributed by atoms with Crippen molar-refractivity contribution in [3.05, 3.63) is 0 Å². The van der Waals surface area contributed by atoms with Crippen molar-refractivity contribution in [1.29, 1.82) is 0 Å². The second-order valence-electron chi connectivity index (χ2n) is 4.73. The van der Waals surface area contributed by atoms with E-state index in [1.165, 1.54) is 0 Å². The van der Waals surface area contributed by atoms with Crippen molar-refractivity contribution in [3.8, 4) is 0 Å². The lowest BCUT2D eigenvalue weighted by Crippen LogP contribution is -2.46. The van der Waals surface area contributed by atoms with Crippen molar-refractivity contribution in [3.63, 3.8) is 0 Å². The van der Waals surface area contributed by atoms with Crippen molar-refractivity contribution in [2.24, 2.45) is 5.92 Å². The van der Waals surface area contributed by atoms with Crippen LogP contribution in [0.4, 0.5) is 4.79 Å². The van der Waals surface area contributed by atoms with Crippen LogP contribution in [0.15, 0.2) is 0 Å². The van der Waals surface area contributed by atoms with E-state index in [4.69, 9.17) is 9.84 Å². The minimum Gasteiger partial charge on any atom is -0.563 e. The summed E-state index contributed by atoms with van der Waals surface area (Å²) in [5, 5.41) is 9.35. The Hall–Kier alpha value is -1.26. The second-order valence-corrected chi connectivity index (χ2v) is 4.73. The minimum absolute atomic E-state index is 0.123. The predicted molar refractivity (Wildman–Crippen MR) is 56.6 cm³/mol. The van der Waals surface area contributed by atoms with Crippen LogP contribution in [-0.2, 0) is 9.53 Å². The molecule has 0 aliphatic rings. The smallest absolute Gasteiger partial charge is 0.538 e. The molecule has 0 aromatic carbocycles. The minimum atomic E-state index is -0.809. The van der Waals surface area contributed by atoms with Crippen molar-refractivity contribution in [1.82, 2.24) is 5.32 Å². The van der Waals surface area contributed by atoms with Gasteiger partial charge in [0.1, 0.15) is 5.60 Å². The third-order valence-electron chi connectivity index (χ3n) is 1.62. The van der Waals surface area contributed by atoms with E-state index in [9.17, 15) is 9.59 Å². The lowest BCUT2D eigenvalue weighted by Gasteiger charge is -2.21. The van der Waals surface area contributed by atoms with Gasteiger partial charge in [0, 0.05) is 4.79 Å². The number of hydrogen-bond donors (Lipinski definition) is 1.